The van der Waals surface area contributed by atoms with E-state index < -0.39 is 5.91 Å². The van der Waals surface area contributed by atoms with E-state index in [9.17, 15) is 14.0 Å². The number of anilines is 1. The number of rotatable bonds is 8. The quantitative estimate of drug-likeness (QED) is 0.528. The van der Waals surface area contributed by atoms with Crippen LogP contribution in [0.25, 0.3) is 5.57 Å². The maximum Gasteiger partial charge on any atom is 0.278 e. The molecule has 0 saturated heterocycles. The van der Waals surface area contributed by atoms with Crippen LogP contribution in [0.4, 0.5) is 10.1 Å². The Balaban J connectivity index is 1.66. The standard InChI is InChI=1S/C26H23FN2O3/c1-2-32-22-11-7-6-10-21(22)28-24-23(19-8-4-3-5-9-19)25(30)29(26(24)31)17-16-18-12-14-20(27)15-13-18/h3-15,28H,2,16-17H2,1H3. The van der Waals surface area contributed by atoms with Gasteiger partial charge in [0.15, 0.2) is 0 Å². The number of benzene rings is 3. The highest BCUT2D eigenvalue weighted by Crippen LogP contribution is 2.33. The molecule has 3 aromatic rings. The summed E-state index contributed by atoms with van der Waals surface area (Å²) in [6.07, 6.45) is 0.433. The summed E-state index contributed by atoms with van der Waals surface area (Å²) in [6.45, 7) is 2.55. The molecule has 32 heavy (non-hydrogen) atoms. The van der Waals surface area contributed by atoms with Crippen molar-refractivity contribution in [3.8, 4) is 5.75 Å². The van der Waals surface area contributed by atoms with E-state index in [1.165, 1.54) is 17.0 Å². The van der Waals surface area contributed by atoms with Gasteiger partial charge < -0.3 is 10.1 Å². The third kappa shape index (κ3) is 4.39. The van der Waals surface area contributed by atoms with Gasteiger partial charge in [-0.05, 0) is 48.7 Å². The van der Waals surface area contributed by atoms with Crippen LogP contribution in [-0.4, -0.2) is 29.9 Å². The molecule has 2 amide bonds. The summed E-state index contributed by atoms with van der Waals surface area (Å²) in [7, 11) is 0. The van der Waals surface area contributed by atoms with Gasteiger partial charge in [-0.25, -0.2) is 4.39 Å². The molecule has 0 bridgehead atoms. The number of hydrogen-bond acceptors (Lipinski definition) is 4. The van der Waals surface area contributed by atoms with Gasteiger partial charge in [-0.3, -0.25) is 14.5 Å². The van der Waals surface area contributed by atoms with E-state index in [0.717, 1.165) is 5.56 Å². The third-order valence-corrected chi connectivity index (χ3v) is 5.21. The molecule has 162 valence electrons. The number of halogens is 1. The molecule has 1 aliphatic rings. The van der Waals surface area contributed by atoms with Crippen molar-refractivity contribution in [2.75, 3.05) is 18.5 Å². The van der Waals surface area contributed by atoms with Gasteiger partial charge >= 0.3 is 0 Å². The average Bonchev–Trinajstić information content (AvgIpc) is 3.04. The molecule has 1 heterocycles. The van der Waals surface area contributed by atoms with Crippen LogP contribution in [0.3, 0.4) is 0 Å². The molecule has 0 atom stereocenters. The van der Waals surface area contributed by atoms with Crippen molar-refractivity contribution >= 4 is 23.1 Å². The maximum absolute atomic E-state index is 13.3. The molecule has 5 nitrogen and oxygen atoms in total. The second-order valence-electron chi connectivity index (χ2n) is 7.31. The van der Waals surface area contributed by atoms with Gasteiger partial charge in [0.05, 0.1) is 17.9 Å². The van der Waals surface area contributed by atoms with Crippen LogP contribution in [0.15, 0.2) is 84.6 Å². The molecular formula is C26H23FN2O3. The molecule has 1 aliphatic heterocycles. The van der Waals surface area contributed by atoms with Crippen molar-refractivity contribution in [3.05, 3.63) is 102 Å². The molecular weight excluding hydrogens is 407 g/mol. The molecule has 4 rings (SSSR count). The van der Waals surface area contributed by atoms with E-state index in [4.69, 9.17) is 4.74 Å². The largest absolute Gasteiger partial charge is 0.492 e. The number of hydrogen-bond donors (Lipinski definition) is 1. The first-order valence-corrected chi connectivity index (χ1v) is 10.5. The monoisotopic (exact) mass is 430 g/mol. The Morgan fingerprint density at radius 1 is 0.875 bits per heavy atom. The van der Waals surface area contributed by atoms with Gasteiger partial charge in [0.25, 0.3) is 11.8 Å². The number of imide groups is 1. The lowest BCUT2D eigenvalue weighted by molar-refractivity contribution is -0.136. The van der Waals surface area contributed by atoms with Crippen molar-refractivity contribution in [1.82, 2.24) is 4.90 Å². The zero-order valence-electron chi connectivity index (χ0n) is 17.7. The Kier molecular flexibility index (Phi) is 6.31. The van der Waals surface area contributed by atoms with Crippen LogP contribution < -0.4 is 10.1 Å². The highest BCUT2D eigenvalue weighted by Gasteiger charge is 2.39. The molecule has 6 heteroatoms. The van der Waals surface area contributed by atoms with Crippen LogP contribution in [-0.2, 0) is 16.0 Å². The Morgan fingerprint density at radius 2 is 1.56 bits per heavy atom. The van der Waals surface area contributed by atoms with Gasteiger partial charge in [-0.1, -0.05) is 54.6 Å². The number of carbonyl (C=O) groups is 2. The molecule has 0 aliphatic carbocycles. The number of para-hydroxylation sites is 2. The first-order valence-electron chi connectivity index (χ1n) is 10.5. The van der Waals surface area contributed by atoms with Gasteiger partial charge in [-0.15, -0.1) is 0 Å². The van der Waals surface area contributed by atoms with Gasteiger partial charge in [0.1, 0.15) is 17.3 Å². The first-order chi connectivity index (χ1) is 15.6. The predicted molar refractivity (Wildman–Crippen MR) is 121 cm³/mol. The minimum Gasteiger partial charge on any atom is -0.492 e. The van der Waals surface area contributed by atoms with Gasteiger partial charge in [0.2, 0.25) is 0 Å². The zero-order valence-corrected chi connectivity index (χ0v) is 17.7. The summed E-state index contributed by atoms with van der Waals surface area (Å²) in [5, 5.41) is 3.15. The predicted octanol–water partition coefficient (Wildman–Crippen LogP) is 4.66. The van der Waals surface area contributed by atoms with Crippen molar-refractivity contribution < 1.29 is 18.7 Å². The Bertz CT molecular complexity index is 1160. The van der Waals surface area contributed by atoms with Gasteiger partial charge in [0, 0.05) is 6.54 Å². The smallest absolute Gasteiger partial charge is 0.278 e. The highest BCUT2D eigenvalue weighted by atomic mass is 19.1. The Morgan fingerprint density at radius 3 is 2.28 bits per heavy atom. The fourth-order valence-electron chi connectivity index (χ4n) is 3.65. The van der Waals surface area contributed by atoms with Gasteiger partial charge in [-0.2, -0.15) is 0 Å². The number of nitrogens with one attached hydrogen (secondary N) is 1. The lowest BCUT2D eigenvalue weighted by Gasteiger charge is -2.16. The summed E-state index contributed by atoms with van der Waals surface area (Å²) in [5.74, 6) is -0.489. The lowest BCUT2D eigenvalue weighted by atomic mass is 10.0. The zero-order chi connectivity index (χ0) is 22.5. The third-order valence-electron chi connectivity index (χ3n) is 5.21. The molecule has 0 fully saturated rings. The lowest BCUT2D eigenvalue weighted by Crippen LogP contribution is -2.34. The summed E-state index contributed by atoms with van der Waals surface area (Å²) in [5.41, 5.74) is 2.65. The minimum absolute atomic E-state index is 0.192. The van der Waals surface area contributed by atoms with Crippen LogP contribution in [0, 0.1) is 5.82 Å². The molecule has 0 unspecified atom stereocenters. The molecule has 0 aromatic heterocycles. The summed E-state index contributed by atoms with van der Waals surface area (Å²) in [6, 6.07) is 22.5. The molecule has 0 spiro atoms. The Hall–Kier alpha value is -3.93. The second kappa shape index (κ2) is 9.47. The first kappa shape index (κ1) is 21.3. The van der Waals surface area contributed by atoms with E-state index in [1.807, 2.05) is 43.3 Å². The number of carbonyl (C=O) groups excluding carboxylic acids is 2. The summed E-state index contributed by atoms with van der Waals surface area (Å²) >= 11 is 0. The average molecular weight is 430 g/mol. The van der Waals surface area contributed by atoms with Crippen molar-refractivity contribution in [2.24, 2.45) is 0 Å². The Labute approximate surface area is 186 Å². The molecule has 0 radical (unpaired) electrons. The fourth-order valence-corrected chi connectivity index (χ4v) is 3.65. The molecule has 1 N–H and O–H groups in total. The van der Waals surface area contributed by atoms with E-state index in [1.54, 1.807) is 30.3 Å². The minimum atomic E-state index is -0.401. The van der Waals surface area contributed by atoms with Crippen molar-refractivity contribution in [2.45, 2.75) is 13.3 Å². The van der Waals surface area contributed by atoms with E-state index in [0.29, 0.717) is 35.6 Å². The normalized spacial score (nSPS) is 13.6. The van der Waals surface area contributed by atoms with Crippen LogP contribution in [0.1, 0.15) is 18.1 Å². The SMILES string of the molecule is CCOc1ccccc1NC1=C(c2ccccc2)C(=O)N(CCc2ccc(F)cc2)C1=O. The summed E-state index contributed by atoms with van der Waals surface area (Å²) in [4.78, 5) is 27.9. The van der Waals surface area contributed by atoms with Crippen molar-refractivity contribution in [1.29, 1.82) is 0 Å². The second-order valence-corrected chi connectivity index (χ2v) is 7.31. The molecule has 0 saturated carbocycles. The van der Waals surface area contributed by atoms with E-state index >= 15 is 0 Å². The highest BCUT2D eigenvalue weighted by molar-refractivity contribution is 6.36. The number of ether oxygens (including phenoxy) is 1. The number of amides is 2. The fraction of sp³-hybridized carbons (Fsp3) is 0.154. The molecule has 3 aromatic carbocycles. The van der Waals surface area contributed by atoms with Crippen LogP contribution in [0.2, 0.25) is 0 Å². The number of nitrogens with zero attached hydrogens (tertiary/aromatic N) is 1. The summed E-state index contributed by atoms with van der Waals surface area (Å²) < 4.78 is 18.9. The van der Waals surface area contributed by atoms with E-state index in [2.05, 4.69) is 5.32 Å². The maximum atomic E-state index is 13.3. The van der Waals surface area contributed by atoms with Crippen molar-refractivity contribution in [3.63, 3.8) is 0 Å². The van der Waals surface area contributed by atoms with E-state index in [-0.39, 0.29) is 24.0 Å². The van der Waals surface area contributed by atoms with Crippen LogP contribution in [0.5, 0.6) is 5.75 Å². The topological polar surface area (TPSA) is 58.6 Å². The van der Waals surface area contributed by atoms with Crippen LogP contribution >= 0.6 is 0 Å².